The number of carbonyl (C=O) groups excluding carboxylic acids is 1. The van der Waals surface area contributed by atoms with Gasteiger partial charge in [-0.05, 0) is 52.0 Å². The van der Waals surface area contributed by atoms with Crippen molar-refractivity contribution in [3.8, 4) is 16.2 Å². The molecule has 0 fully saturated rings. The lowest BCUT2D eigenvalue weighted by Crippen LogP contribution is -2.19. The predicted octanol–water partition coefficient (Wildman–Crippen LogP) is 5.92. The van der Waals surface area contributed by atoms with E-state index in [4.69, 9.17) is 0 Å². The highest BCUT2D eigenvalue weighted by molar-refractivity contribution is 7.13. The van der Waals surface area contributed by atoms with Crippen LogP contribution in [0.25, 0.3) is 21.2 Å². The fourth-order valence-corrected chi connectivity index (χ4v) is 3.54. The molecule has 0 saturated carbocycles. The molecule has 0 bridgehead atoms. The van der Waals surface area contributed by atoms with Gasteiger partial charge in [0, 0.05) is 22.3 Å². The van der Waals surface area contributed by atoms with E-state index < -0.39 is 0 Å². The lowest BCUT2D eigenvalue weighted by molar-refractivity contribution is 0.262. The fraction of sp³-hybridized carbons (Fsp3) is 0. The maximum absolute atomic E-state index is 12.3. The Morgan fingerprint density at radius 3 is 2.42 bits per heavy atom. The Morgan fingerprint density at radius 2 is 1.62 bits per heavy atom. The van der Waals surface area contributed by atoms with Crippen LogP contribution >= 0.6 is 11.3 Å². The molecule has 4 aromatic rings. The summed E-state index contributed by atoms with van der Waals surface area (Å²) in [7, 11) is 0. The highest BCUT2D eigenvalue weighted by Crippen LogP contribution is 2.31. The number of rotatable bonds is 3. The van der Waals surface area contributed by atoms with Crippen LogP contribution in [0.1, 0.15) is 0 Å². The average Bonchev–Trinajstić information content (AvgIpc) is 3.16. The summed E-state index contributed by atoms with van der Waals surface area (Å²) in [5.74, 6) is 0.108. The zero-order chi connectivity index (χ0) is 17.9. The first kappa shape index (κ1) is 16.2. The summed E-state index contributed by atoms with van der Waals surface area (Å²) >= 11 is 1.58. The summed E-state index contributed by atoms with van der Waals surface area (Å²) in [5, 5.41) is 19.7. The van der Waals surface area contributed by atoms with E-state index in [1.165, 1.54) is 6.07 Å². The molecule has 3 N–H and O–H groups in total. The standard InChI is InChI=1S/C21H16N2O2S/c24-19-12-16(20-6-3-9-26-20)11-18(13-19)23-21(25)22-17-8-7-14-4-1-2-5-15(14)10-17/h1-13,24H,(H2,22,23,25). The van der Waals surface area contributed by atoms with Gasteiger partial charge in [0.15, 0.2) is 0 Å². The third-order valence-electron chi connectivity index (χ3n) is 3.99. The van der Waals surface area contributed by atoms with Gasteiger partial charge in [0.1, 0.15) is 5.75 Å². The van der Waals surface area contributed by atoms with Crippen molar-refractivity contribution in [2.45, 2.75) is 0 Å². The Labute approximate surface area is 154 Å². The lowest BCUT2D eigenvalue weighted by atomic mass is 10.1. The highest BCUT2D eigenvalue weighted by atomic mass is 32.1. The van der Waals surface area contributed by atoms with Gasteiger partial charge < -0.3 is 15.7 Å². The lowest BCUT2D eigenvalue weighted by Gasteiger charge is -2.10. The van der Waals surface area contributed by atoms with Crippen LogP contribution in [-0.4, -0.2) is 11.1 Å². The molecule has 2 amide bonds. The third kappa shape index (κ3) is 3.53. The number of amides is 2. The van der Waals surface area contributed by atoms with Gasteiger partial charge in [-0.15, -0.1) is 11.3 Å². The molecule has 4 rings (SSSR count). The van der Waals surface area contributed by atoms with Gasteiger partial charge in [0.25, 0.3) is 0 Å². The topological polar surface area (TPSA) is 61.4 Å². The third-order valence-corrected chi connectivity index (χ3v) is 4.91. The van der Waals surface area contributed by atoms with Crippen LogP contribution in [0.5, 0.6) is 5.75 Å². The second-order valence-electron chi connectivity index (χ2n) is 5.89. The number of hydrogen-bond donors (Lipinski definition) is 3. The van der Waals surface area contributed by atoms with Crippen molar-refractivity contribution >= 4 is 39.5 Å². The number of nitrogens with one attached hydrogen (secondary N) is 2. The number of phenolic OH excluding ortho intramolecular Hbond substituents is 1. The summed E-state index contributed by atoms with van der Waals surface area (Å²) in [5.41, 5.74) is 2.10. The molecule has 0 saturated heterocycles. The first-order chi connectivity index (χ1) is 12.7. The van der Waals surface area contributed by atoms with Crippen LogP contribution in [0.3, 0.4) is 0 Å². The zero-order valence-electron chi connectivity index (χ0n) is 13.8. The number of fused-ring (bicyclic) bond motifs is 1. The van der Waals surface area contributed by atoms with Crippen molar-refractivity contribution in [1.29, 1.82) is 0 Å². The van der Waals surface area contributed by atoms with Crippen molar-refractivity contribution < 1.29 is 9.90 Å². The molecule has 5 heteroatoms. The maximum Gasteiger partial charge on any atom is 0.323 e. The van der Waals surface area contributed by atoms with Gasteiger partial charge in [0.2, 0.25) is 0 Å². The number of hydrogen-bond acceptors (Lipinski definition) is 3. The number of thiophene rings is 1. The second-order valence-corrected chi connectivity index (χ2v) is 6.83. The molecule has 0 spiro atoms. The minimum atomic E-state index is -0.358. The molecular formula is C21H16N2O2S. The van der Waals surface area contributed by atoms with Crippen LogP contribution in [-0.2, 0) is 0 Å². The Morgan fingerprint density at radius 1 is 0.808 bits per heavy atom. The number of anilines is 2. The monoisotopic (exact) mass is 360 g/mol. The van der Waals surface area contributed by atoms with Crippen LogP contribution in [0, 0.1) is 0 Å². The number of urea groups is 1. The molecule has 0 radical (unpaired) electrons. The molecule has 26 heavy (non-hydrogen) atoms. The minimum absolute atomic E-state index is 0.108. The van der Waals surface area contributed by atoms with Crippen molar-refractivity contribution in [3.05, 3.63) is 78.2 Å². The molecular weight excluding hydrogens is 344 g/mol. The summed E-state index contributed by atoms with van der Waals surface area (Å²) < 4.78 is 0. The van der Waals surface area contributed by atoms with Gasteiger partial charge in [0.05, 0.1) is 0 Å². The van der Waals surface area contributed by atoms with Crippen LogP contribution in [0.15, 0.2) is 78.2 Å². The van der Waals surface area contributed by atoms with Gasteiger partial charge in [-0.1, -0.05) is 36.4 Å². The van der Waals surface area contributed by atoms with E-state index in [0.29, 0.717) is 11.4 Å². The molecule has 3 aromatic carbocycles. The smallest absolute Gasteiger partial charge is 0.323 e. The Balaban J connectivity index is 1.52. The van der Waals surface area contributed by atoms with E-state index in [1.807, 2.05) is 66.0 Å². The Kier molecular flexibility index (Phi) is 4.29. The van der Waals surface area contributed by atoms with Crippen LogP contribution < -0.4 is 10.6 Å². The summed E-state index contributed by atoms with van der Waals surface area (Å²) in [6.07, 6.45) is 0. The first-order valence-electron chi connectivity index (χ1n) is 8.12. The molecule has 0 aliphatic rings. The first-order valence-corrected chi connectivity index (χ1v) is 9.00. The SMILES string of the molecule is O=C(Nc1cc(O)cc(-c2cccs2)c1)Nc1ccc2ccccc2c1. The average molecular weight is 360 g/mol. The van der Waals surface area contributed by atoms with Gasteiger partial charge >= 0.3 is 6.03 Å². The molecule has 0 aliphatic carbocycles. The van der Waals surface area contributed by atoms with Crippen molar-refractivity contribution in [3.63, 3.8) is 0 Å². The highest BCUT2D eigenvalue weighted by Gasteiger charge is 2.08. The van der Waals surface area contributed by atoms with E-state index >= 15 is 0 Å². The van der Waals surface area contributed by atoms with E-state index in [0.717, 1.165) is 21.2 Å². The van der Waals surface area contributed by atoms with Crippen LogP contribution in [0.2, 0.25) is 0 Å². The molecule has 0 atom stereocenters. The summed E-state index contributed by atoms with van der Waals surface area (Å²) in [6, 6.07) is 22.3. The van der Waals surface area contributed by atoms with E-state index in [-0.39, 0.29) is 11.8 Å². The van der Waals surface area contributed by atoms with E-state index in [1.54, 1.807) is 17.4 Å². The van der Waals surface area contributed by atoms with Gasteiger partial charge in [-0.3, -0.25) is 0 Å². The summed E-state index contributed by atoms with van der Waals surface area (Å²) in [6.45, 7) is 0. The van der Waals surface area contributed by atoms with Gasteiger partial charge in [-0.2, -0.15) is 0 Å². The Bertz CT molecular complexity index is 1070. The largest absolute Gasteiger partial charge is 0.508 e. The molecule has 0 aliphatic heterocycles. The van der Waals surface area contributed by atoms with E-state index in [2.05, 4.69) is 10.6 Å². The normalized spacial score (nSPS) is 10.6. The molecule has 0 unspecified atom stereocenters. The second kappa shape index (κ2) is 6.90. The maximum atomic E-state index is 12.3. The number of phenols is 1. The van der Waals surface area contributed by atoms with Crippen molar-refractivity contribution in [2.24, 2.45) is 0 Å². The molecule has 1 heterocycles. The zero-order valence-corrected chi connectivity index (χ0v) is 14.6. The van der Waals surface area contributed by atoms with Crippen molar-refractivity contribution in [1.82, 2.24) is 0 Å². The summed E-state index contributed by atoms with van der Waals surface area (Å²) in [4.78, 5) is 13.4. The fourth-order valence-electron chi connectivity index (χ4n) is 2.83. The predicted molar refractivity (Wildman–Crippen MR) is 108 cm³/mol. The molecule has 128 valence electrons. The number of carbonyl (C=O) groups is 1. The minimum Gasteiger partial charge on any atom is -0.508 e. The Hall–Kier alpha value is -3.31. The van der Waals surface area contributed by atoms with E-state index in [9.17, 15) is 9.90 Å². The quantitative estimate of drug-likeness (QED) is 0.425. The molecule has 1 aromatic heterocycles. The number of aromatic hydroxyl groups is 1. The van der Waals surface area contributed by atoms with Gasteiger partial charge in [-0.25, -0.2) is 4.79 Å². The van der Waals surface area contributed by atoms with Crippen LogP contribution in [0.4, 0.5) is 16.2 Å². The number of benzene rings is 3. The molecule has 4 nitrogen and oxygen atoms in total. The van der Waals surface area contributed by atoms with Crippen molar-refractivity contribution in [2.75, 3.05) is 10.6 Å².